The van der Waals surface area contributed by atoms with E-state index in [0.717, 1.165) is 12.8 Å². The van der Waals surface area contributed by atoms with Crippen LogP contribution in [0.4, 0.5) is 26.3 Å². The third-order valence-electron chi connectivity index (χ3n) is 5.31. The van der Waals surface area contributed by atoms with Gasteiger partial charge >= 0.3 is 12.4 Å². The molecule has 1 aliphatic rings. The molecule has 40 heavy (non-hydrogen) atoms. The van der Waals surface area contributed by atoms with E-state index in [1.807, 2.05) is 0 Å². The first kappa shape index (κ1) is 30.2. The fourth-order valence-corrected chi connectivity index (χ4v) is 4.22. The maximum Gasteiger partial charge on any atom is 0.420 e. The van der Waals surface area contributed by atoms with E-state index in [0.29, 0.717) is 25.4 Å². The Morgan fingerprint density at radius 3 is 1.85 bits per heavy atom. The standard InChI is InChI=1S/C13H11Cl2F3N4O.C8H3Cl2F3N4/c14-8-6-22(9-3-1-2-4-23-9)21-11(8)10-7(13(16,17)18)5-19-12(15)20-10;9-4-2-15-17-6(4)5-3(8(11,12)13)1-14-7(10)16-5/h5-6,9H,1-4H2;1-2H,(H,15,17). The molecular weight excluding hydrogens is 636 g/mol. The van der Waals surface area contributed by atoms with Gasteiger partial charge in [-0.3, -0.25) is 5.10 Å². The Morgan fingerprint density at radius 2 is 1.38 bits per heavy atom. The summed E-state index contributed by atoms with van der Waals surface area (Å²) in [6.07, 6.45) is -3.10. The van der Waals surface area contributed by atoms with Gasteiger partial charge in [-0.25, -0.2) is 24.6 Å². The number of H-pyrrole nitrogens is 1. The van der Waals surface area contributed by atoms with Crippen LogP contribution < -0.4 is 0 Å². The lowest BCUT2D eigenvalue weighted by Crippen LogP contribution is -2.18. The predicted molar refractivity (Wildman–Crippen MR) is 132 cm³/mol. The molecule has 1 fully saturated rings. The molecule has 0 aromatic carbocycles. The minimum absolute atomic E-state index is 0.0188. The highest BCUT2D eigenvalue weighted by Gasteiger charge is 2.38. The summed E-state index contributed by atoms with van der Waals surface area (Å²) in [7, 11) is 0. The number of hydrogen-bond acceptors (Lipinski definition) is 7. The van der Waals surface area contributed by atoms with E-state index >= 15 is 0 Å². The van der Waals surface area contributed by atoms with Crippen LogP contribution in [0.3, 0.4) is 0 Å². The van der Waals surface area contributed by atoms with Crippen LogP contribution in [0.5, 0.6) is 0 Å². The lowest BCUT2D eigenvalue weighted by atomic mass is 10.2. The number of rotatable bonds is 3. The Kier molecular flexibility index (Phi) is 9.09. The summed E-state index contributed by atoms with van der Waals surface area (Å²) in [5.74, 6) is 0. The highest BCUT2D eigenvalue weighted by Crippen LogP contribution is 2.39. The topological polar surface area (TPSA) is 107 Å². The van der Waals surface area contributed by atoms with Crippen molar-refractivity contribution in [3.05, 3.63) is 56.5 Å². The van der Waals surface area contributed by atoms with E-state index in [2.05, 4.69) is 35.2 Å². The van der Waals surface area contributed by atoms with Crippen LogP contribution in [0, 0.1) is 0 Å². The number of aromatic amines is 1. The molecule has 0 spiro atoms. The molecule has 0 saturated carbocycles. The summed E-state index contributed by atoms with van der Waals surface area (Å²) in [5.41, 5.74) is -3.21. The lowest BCUT2D eigenvalue weighted by molar-refractivity contribution is -0.138. The van der Waals surface area contributed by atoms with E-state index < -0.39 is 34.9 Å². The van der Waals surface area contributed by atoms with Gasteiger partial charge in [0.25, 0.3) is 0 Å². The quantitative estimate of drug-likeness (QED) is 0.180. The van der Waals surface area contributed by atoms with E-state index in [1.165, 1.54) is 17.1 Å². The van der Waals surface area contributed by atoms with Crippen molar-refractivity contribution >= 4 is 46.4 Å². The molecule has 5 rings (SSSR count). The van der Waals surface area contributed by atoms with Gasteiger partial charge in [-0.2, -0.15) is 36.5 Å². The number of ether oxygens (including phenoxy) is 1. The zero-order valence-corrected chi connectivity index (χ0v) is 22.6. The van der Waals surface area contributed by atoms with Crippen LogP contribution in [-0.4, -0.2) is 46.5 Å². The Labute approximate surface area is 240 Å². The van der Waals surface area contributed by atoms with Crippen molar-refractivity contribution in [1.82, 2.24) is 39.9 Å². The predicted octanol–water partition coefficient (Wildman–Crippen LogP) is 7.56. The number of aromatic nitrogens is 8. The molecule has 4 aromatic heterocycles. The molecule has 1 atom stereocenters. The SMILES string of the molecule is FC(F)(F)c1cnc(Cl)nc1-c1n[nH]cc1Cl.FC(F)(F)c1cnc(Cl)nc1-c1nn(C2CCCCO2)cc1Cl. The second kappa shape index (κ2) is 12.0. The first-order chi connectivity index (χ1) is 18.8. The van der Waals surface area contributed by atoms with E-state index in [4.69, 9.17) is 51.1 Å². The highest BCUT2D eigenvalue weighted by molar-refractivity contribution is 6.33. The molecule has 1 N–H and O–H groups in total. The number of hydrogen-bond donors (Lipinski definition) is 1. The van der Waals surface area contributed by atoms with Gasteiger partial charge < -0.3 is 4.74 Å². The van der Waals surface area contributed by atoms with Crippen LogP contribution >= 0.6 is 46.4 Å². The second-order valence-corrected chi connectivity index (χ2v) is 9.50. The maximum absolute atomic E-state index is 13.1. The van der Waals surface area contributed by atoms with E-state index in [-0.39, 0.29) is 38.2 Å². The number of nitrogens with zero attached hydrogens (tertiary/aromatic N) is 7. The van der Waals surface area contributed by atoms with Crippen LogP contribution in [0.25, 0.3) is 22.8 Å². The number of halogens is 10. The van der Waals surface area contributed by atoms with Crippen molar-refractivity contribution in [2.24, 2.45) is 0 Å². The van der Waals surface area contributed by atoms with E-state index in [9.17, 15) is 26.3 Å². The Hall–Kier alpha value is -2.72. The first-order valence-corrected chi connectivity index (χ1v) is 12.5. The Balaban J connectivity index is 0.000000194. The molecular formula is C21H14Cl4F6N8O. The molecule has 0 radical (unpaired) electrons. The maximum atomic E-state index is 13.1. The van der Waals surface area contributed by atoms with Crippen molar-refractivity contribution in [2.45, 2.75) is 37.8 Å². The smallest absolute Gasteiger partial charge is 0.357 e. The Morgan fingerprint density at radius 1 is 0.800 bits per heavy atom. The van der Waals surface area contributed by atoms with Crippen LogP contribution in [0.15, 0.2) is 24.8 Å². The van der Waals surface area contributed by atoms with Gasteiger partial charge in [-0.1, -0.05) is 23.2 Å². The summed E-state index contributed by atoms with van der Waals surface area (Å²) >= 11 is 22.8. The zero-order valence-electron chi connectivity index (χ0n) is 19.5. The molecule has 1 saturated heterocycles. The van der Waals surface area contributed by atoms with E-state index in [1.54, 1.807) is 0 Å². The van der Waals surface area contributed by atoms with Gasteiger partial charge in [0, 0.05) is 31.4 Å². The molecule has 4 aromatic rings. The third kappa shape index (κ3) is 6.94. The summed E-state index contributed by atoms with van der Waals surface area (Å²) in [5, 5.41) is 9.50. The highest BCUT2D eigenvalue weighted by atomic mass is 35.5. The average molecular weight is 650 g/mol. The van der Waals surface area contributed by atoms with Crippen LogP contribution in [0.2, 0.25) is 20.6 Å². The Bertz CT molecular complexity index is 1490. The van der Waals surface area contributed by atoms with Crippen LogP contribution in [0.1, 0.15) is 36.6 Å². The largest absolute Gasteiger partial charge is 0.420 e. The molecule has 0 aliphatic carbocycles. The number of nitrogens with one attached hydrogen (secondary N) is 1. The molecule has 1 unspecified atom stereocenters. The molecule has 0 amide bonds. The molecule has 1 aliphatic heterocycles. The lowest BCUT2D eigenvalue weighted by Gasteiger charge is -2.22. The fourth-order valence-electron chi connectivity index (χ4n) is 3.55. The first-order valence-electron chi connectivity index (χ1n) is 11.0. The summed E-state index contributed by atoms with van der Waals surface area (Å²) < 4.78 is 84.5. The third-order valence-corrected chi connectivity index (χ3v) is 6.24. The molecule has 0 bridgehead atoms. The summed E-state index contributed by atoms with van der Waals surface area (Å²) in [6.45, 7) is 0.574. The number of alkyl halides is 6. The fraction of sp³-hybridized carbons (Fsp3) is 0.333. The summed E-state index contributed by atoms with van der Waals surface area (Å²) in [6, 6.07) is 0. The monoisotopic (exact) mass is 648 g/mol. The summed E-state index contributed by atoms with van der Waals surface area (Å²) in [4.78, 5) is 13.9. The van der Waals surface area contributed by atoms with Crippen molar-refractivity contribution in [3.8, 4) is 22.8 Å². The molecule has 5 heterocycles. The zero-order chi connectivity index (χ0) is 29.2. The normalized spacial score (nSPS) is 16.0. The van der Waals surface area contributed by atoms with Gasteiger partial charge in [0.05, 0.1) is 10.0 Å². The molecule has 9 nitrogen and oxygen atoms in total. The molecule has 19 heteroatoms. The van der Waals surface area contributed by atoms with Gasteiger partial charge in [0.15, 0.2) is 0 Å². The van der Waals surface area contributed by atoms with Crippen molar-refractivity contribution in [2.75, 3.05) is 6.61 Å². The molecule has 214 valence electrons. The minimum atomic E-state index is -4.64. The van der Waals surface area contributed by atoms with Crippen molar-refractivity contribution in [1.29, 1.82) is 0 Å². The van der Waals surface area contributed by atoms with Gasteiger partial charge in [0.2, 0.25) is 10.6 Å². The average Bonchev–Trinajstić information content (AvgIpc) is 3.48. The van der Waals surface area contributed by atoms with Crippen molar-refractivity contribution in [3.63, 3.8) is 0 Å². The van der Waals surface area contributed by atoms with Gasteiger partial charge in [0.1, 0.15) is 40.1 Å². The minimum Gasteiger partial charge on any atom is -0.357 e. The van der Waals surface area contributed by atoms with Crippen molar-refractivity contribution < 1.29 is 31.1 Å². The van der Waals surface area contributed by atoms with Gasteiger partial charge in [-0.15, -0.1) is 0 Å². The van der Waals surface area contributed by atoms with Crippen LogP contribution in [-0.2, 0) is 17.1 Å². The second-order valence-electron chi connectivity index (χ2n) is 8.01. The van der Waals surface area contributed by atoms with Gasteiger partial charge in [-0.05, 0) is 42.5 Å².